The van der Waals surface area contributed by atoms with Gasteiger partial charge in [0, 0.05) is 37.3 Å². The zero-order valence-electron chi connectivity index (χ0n) is 17.9. The van der Waals surface area contributed by atoms with Gasteiger partial charge in [0.25, 0.3) is 5.89 Å². The van der Waals surface area contributed by atoms with Gasteiger partial charge in [0.2, 0.25) is 5.89 Å². The van der Waals surface area contributed by atoms with Crippen LogP contribution in [0.1, 0.15) is 17.9 Å². The maximum atomic E-state index is 15.0. The zero-order chi connectivity index (χ0) is 23.5. The second kappa shape index (κ2) is 10.0. The highest BCUT2D eigenvalue weighted by Crippen LogP contribution is 2.34. The Morgan fingerprint density at radius 2 is 1.85 bits per heavy atom. The number of hydrogen-bond acceptors (Lipinski definition) is 6. The van der Waals surface area contributed by atoms with Gasteiger partial charge < -0.3 is 13.6 Å². The molecule has 33 heavy (non-hydrogen) atoms. The van der Waals surface area contributed by atoms with Gasteiger partial charge >= 0.3 is 6.43 Å². The molecule has 176 valence electrons. The Morgan fingerprint density at radius 3 is 2.48 bits per heavy atom. The smallest absolute Gasteiger partial charge is 0.314 e. The summed E-state index contributed by atoms with van der Waals surface area (Å²) in [6.07, 6.45) is -2.90. The first-order valence-electron chi connectivity index (χ1n) is 10.2. The van der Waals surface area contributed by atoms with E-state index in [0.29, 0.717) is 11.3 Å². The molecular weight excluding hydrogens is 458 g/mol. The molecule has 2 aromatic carbocycles. The molecule has 11 heteroatoms. The molecule has 0 amide bonds. The SMILES string of the molecule is C=S(N1CCN(C)CC1)N(Cc1ccc(-c2nnc(C(F)F)o2)cc1F)c1cccc(F)c1. The topological polar surface area (TPSA) is 48.6 Å². The lowest BCUT2D eigenvalue weighted by Gasteiger charge is -2.39. The van der Waals surface area contributed by atoms with Crippen molar-refractivity contribution < 1.29 is 22.0 Å². The normalized spacial score (nSPS) is 16.3. The average molecular weight is 482 g/mol. The van der Waals surface area contributed by atoms with Crippen LogP contribution in [0.15, 0.2) is 46.9 Å². The largest absolute Gasteiger partial charge is 0.415 e. The van der Waals surface area contributed by atoms with Crippen LogP contribution in [-0.2, 0) is 6.54 Å². The molecule has 0 N–H and O–H groups in total. The van der Waals surface area contributed by atoms with Gasteiger partial charge in [-0.2, -0.15) is 8.78 Å². The first-order valence-corrected chi connectivity index (χ1v) is 11.5. The highest BCUT2D eigenvalue weighted by Gasteiger charge is 2.23. The molecule has 2 heterocycles. The molecule has 0 radical (unpaired) electrons. The molecule has 6 nitrogen and oxygen atoms in total. The van der Waals surface area contributed by atoms with E-state index in [2.05, 4.69) is 25.3 Å². The number of benzene rings is 2. The standard InChI is InChI=1S/C22H23F4N5OS/c1-29-8-10-30(11-9-29)33(2)31(18-5-3-4-17(23)13-18)14-16-7-6-15(12-19(16)24)21-27-28-22(32-21)20(25)26/h3-7,12-13,20H,2,8-11,14H2,1H3. The Labute approximate surface area is 191 Å². The second-order valence-corrected chi connectivity index (χ2v) is 9.28. The molecule has 4 rings (SSSR count). The summed E-state index contributed by atoms with van der Waals surface area (Å²) in [6, 6.07) is 10.4. The van der Waals surface area contributed by atoms with Crippen molar-refractivity contribution in [1.29, 1.82) is 0 Å². The van der Waals surface area contributed by atoms with Gasteiger partial charge in [0.15, 0.2) is 0 Å². The summed E-state index contributed by atoms with van der Waals surface area (Å²) in [5, 5.41) is 6.83. The molecule has 1 aromatic heterocycles. The van der Waals surface area contributed by atoms with Gasteiger partial charge in [-0.1, -0.05) is 12.1 Å². The third-order valence-electron chi connectivity index (χ3n) is 5.35. The van der Waals surface area contributed by atoms with Crippen molar-refractivity contribution in [1.82, 2.24) is 19.4 Å². The van der Waals surface area contributed by atoms with Crippen molar-refractivity contribution in [3.05, 3.63) is 65.6 Å². The molecular formula is C22H23F4N5OS. The molecule has 1 saturated heterocycles. The van der Waals surface area contributed by atoms with E-state index in [-0.39, 0.29) is 18.0 Å². The Kier molecular flexibility index (Phi) is 7.11. The number of anilines is 1. The summed E-state index contributed by atoms with van der Waals surface area (Å²) in [5.41, 5.74) is 1.13. The Balaban J connectivity index is 1.60. The number of likely N-dealkylation sites (N-methyl/N-ethyl adjacent to an activating group) is 1. The lowest BCUT2D eigenvalue weighted by atomic mass is 10.1. The summed E-state index contributed by atoms with van der Waals surface area (Å²) in [7, 11) is 1.36. The number of hydrogen-bond donors (Lipinski definition) is 0. The van der Waals surface area contributed by atoms with Crippen molar-refractivity contribution >= 4 is 22.4 Å². The van der Waals surface area contributed by atoms with Crippen LogP contribution < -0.4 is 4.31 Å². The number of aromatic nitrogens is 2. The number of nitrogens with zero attached hydrogens (tertiary/aromatic N) is 5. The van der Waals surface area contributed by atoms with Crippen molar-refractivity contribution in [3.8, 4) is 11.5 Å². The molecule has 0 bridgehead atoms. The molecule has 1 atom stereocenters. The molecule has 1 unspecified atom stereocenters. The van der Waals surface area contributed by atoms with Crippen LogP contribution in [0.25, 0.3) is 11.5 Å². The summed E-state index contributed by atoms with van der Waals surface area (Å²) < 4.78 is 63.4. The fourth-order valence-corrected chi connectivity index (χ4v) is 4.97. The van der Waals surface area contributed by atoms with Gasteiger partial charge in [0.05, 0.1) is 12.2 Å². The quantitative estimate of drug-likeness (QED) is 0.359. The Hall–Kier alpha value is -2.76. The third kappa shape index (κ3) is 5.43. The van der Waals surface area contributed by atoms with E-state index in [1.807, 2.05) is 11.4 Å². The fraction of sp³-hybridized carbons (Fsp3) is 0.318. The van der Waals surface area contributed by atoms with Crippen molar-refractivity contribution in [3.63, 3.8) is 0 Å². The zero-order valence-corrected chi connectivity index (χ0v) is 18.7. The summed E-state index contributed by atoms with van der Waals surface area (Å²) >= 11 is 0. The van der Waals surface area contributed by atoms with E-state index in [1.54, 1.807) is 12.1 Å². The van der Waals surface area contributed by atoms with Crippen LogP contribution in [0, 0.1) is 11.6 Å². The highest BCUT2D eigenvalue weighted by atomic mass is 32.2. The molecule has 1 aliphatic heterocycles. The number of piperazine rings is 1. The average Bonchev–Trinajstić information content (AvgIpc) is 3.29. The van der Waals surface area contributed by atoms with Gasteiger partial charge in [0.1, 0.15) is 11.6 Å². The van der Waals surface area contributed by atoms with Crippen molar-refractivity contribution in [2.24, 2.45) is 0 Å². The minimum Gasteiger partial charge on any atom is -0.415 e. The fourth-order valence-electron chi connectivity index (χ4n) is 3.46. The van der Waals surface area contributed by atoms with Gasteiger partial charge in [-0.3, -0.25) is 0 Å². The number of halogens is 4. The van der Waals surface area contributed by atoms with Crippen LogP contribution in [0.2, 0.25) is 0 Å². The van der Waals surface area contributed by atoms with Crippen LogP contribution >= 0.6 is 10.9 Å². The number of rotatable bonds is 7. The first-order chi connectivity index (χ1) is 15.8. The summed E-state index contributed by atoms with van der Waals surface area (Å²) in [6.45, 7) is 3.48. The predicted octanol–water partition coefficient (Wildman–Crippen LogP) is 4.74. The lowest BCUT2D eigenvalue weighted by molar-refractivity contribution is 0.116. The molecule has 3 aromatic rings. The van der Waals surface area contributed by atoms with E-state index >= 15 is 4.39 Å². The monoisotopic (exact) mass is 481 g/mol. The molecule has 0 aliphatic carbocycles. The van der Waals surface area contributed by atoms with E-state index in [0.717, 1.165) is 26.2 Å². The van der Waals surface area contributed by atoms with Crippen molar-refractivity contribution in [2.45, 2.75) is 13.0 Å². The van der Waals surface area contributed by atoms with E-state index in [4.69, 9.17) is 4.42 Å². The minimum absolute atomic E-state index is 0.140. The van der Waals surface area contributed by atoms with Crippen LogP contribution in [0.4, 0.5) is 23.2 Å². The summed E-state index contributed by atoms with van der Waals surface area (Å²) in [5.74, 6) is 2.35. The first kappa shape index (κ1) is 23.4. The Bertz CT molecular complexity index is 1130. The van der Waals surface area contributed by atoms with E-state index < -0.39 is 34.8 Å². The minimum atomic E-state index is -2.90. The lowest BCUT2D eigenvalue weighted by Crippen LogP contribution is -2.43. The molecule has 0 spiro atoms. The van der Waals surface area contributed by atoms with Crippen LogP contribution in [-0.4, -0.2) is 58.5 Å². The van der Waals surface area contributed by atoms with Gasteiger partial charge in [-0.15, -0.1) is 10.2 Å². The van der Waals surface area contributed by atoms with Gasteiger partial charge in [-0.05, 0) is 54.1 Å². The van der Waals surface area contributed by atoms with Crippen molar-refractivity contribution in [2.75, 3.05) is 37.5 Å². The maximum Gasteiger partial charge on any atom is 0.314 e. The van der Waals surface area contributed by atoms with E-state index in [9.17, 15) is 13.2 Å². The second-order valence-electron chi connectivity index (χ2n) is 7.64. The third-order valence-corrected chi connectivity index (χ3v) is 7.16. The molecule has 1 aliphatic rings. The highest BCUT2D eigenvalue weighted by molar-refractivity contribution is 8.13. The predicted molar refractivity (Wildman–Crippen MR) is 121 cm³/mol. The number of alkyl halides is 2. The Morgan fingerprint density at radius 1 is 1.09 bits per heavy atom. The molecule has 1 fully saturated rings. The van der Waals surface area contributed by atoms with Gasteiger partial charge in [-0.25, -0.2) is 13.1 Å². The molecule has 0 saturated carbocycles. The van der Waals surface area contributed by atoms with Crippen LogP contribution in [0.3, 0.4) is 0 Å². The summed E-state index contributed by atoms with van der Waals surface area (Å²) in [4.78, 5) is 2.22. The van der Waals surface area contributed by atoms with Crippen LogP contribution in [0.5, 0.6) is 0 Å². The van der Waals surface area contributed by atoms with E-state index in [1.165, 1.54) is 30.3 Å². The maximum absolute atomic E-state index is 15.0.